The number of benzene rings is 1. The Kier molecular flexibility index (Phi) is 4.58. The number of hydrogen-bond acceptors (Lipinski definition) is 5. The molecule has 1 unspecified atom stereocenters. The molecule has 0 bridgehead atoms. The lowest BCUT2D eigenvalue weighted by atomic mass is 9.91. The zero-order valence-corrected chi connectivity index (χ0v) is 19.4. The van der Waals surface area contributed by atoms with Crippen molar-refractivity contribution >= 4 is 46.5 Å². The van der Waals surface area contributed by atoms with Crippen molar-refractivity contribution in [2.75, 3.05) is 27.2 Å². The van der Waals surface area contributed by atoms with Crippen molar-refractivity contribution in [1.29, 1.82) is 0 Å². The summed E-state index contributed by atoms with van der Waals surface area (Å²) in [6.45, 7) is 1.02. The molecule has 1 atom stereocenters. The van der Waals surface area contributed by atoms with Gasteiger partial charge in [-0.15, -0.1) is 0 Å². The number of nitrogens with zero attached hydrogens (tertiary/aromatic N) is 5. The fourth-order valence-electron chi connectivity index (χ4n) is 5.43. The highest BCUT2D eigenvalue weighted by molar-refractivity contribution is 6.40. The number of para-hydroxylation sites is 1. The van der Waals surface area contributed by atoms with Crippen molar-refractivity contribution in [1.82, 2.24) is 24.1 Å². The van der Waals surface area contributed by atoms with Crippen molar-refractivity contribution in [2.24, 2.45) is 4.99 Å². The molecule has 6 rings (SSSR count). The van der Waals surface area contributed by atoms with Gasteiger partial charge in [0.25, 0.3) is 11.8 Å². The molecule has 0 radical (unpaired) electrons. The molecule has 3 aliphatic heterocycles. The molecule has 35 heavy (non-hydrogen) atoms. The molecule has 174 valence electrons. The molecule has 0 spiro atoms. The first-order valence-corrected chi connectivity index (χ1v) is 11.4. The van der Waals surface area contributed by atoms with E-state index in [1.54, 1.807) is 48.2 Å². The smallest absolute Gasteiger partial charge is 0.299 e. The summed E-state index contributed by atoms with van der Waals surface area (Å²) in [5, 5.41) is 2.46. The van der Waals surface area contributed by atoms with E-state index < -0.39 is 11.8 Å². The number of aliphatic imine (C=N–C) groups is 1. The minimum absolute atomic E-state index is 0.0492. The Balaban J connectivity index is 1.64. The maximum absolute atomic E-state index is 13.5. The molecule has 0 aliphatic carbocycles. The maximum Gasteiger partial charge on any atom is 0.424 e. The number of imide groups is 1. The molecule has 1 N–H and O–H groups in total. The van der Waals surface area contributed by atoms with Gasteiger partial charge in [-0.25, -0.2) is 14.3 Å². The molecular weight excluding hydrogens is 444 g/mol. The monoisotopic (exact) mass is 467 g/mol. The minimum atomic E-state index is -0.495. The number of urea groups is 1. The average molecular weight is 468 g/mol. The van der Waals surface area contributed by atoms with E-state index in [0.717, 1.165) is 23.2 Å². The number of aromatic nitrogens is 2. The molecule has 3 aliphatic rings. The number of quaternary nitrogens is 1. The number of carbonyl (C=O) groups excluding carboxylic acids is 3. The third-order valence-electron chi connectivity index (χ3n) is 6.93. The normalized spacial score (nSPS) is 21.0. The standard InChI is InChI=1S/C26H22N6O3/c1-30(2)26(35)32-12-9-16-6-5-7-17(23(16)32)18(14-27-10-13-32)21-22(25(34)29-24(21)33)19-15-28-20-8-3-4-11-31(19)20/h3-8,10-11,14-15H,9,12-13H2,1-2H3/p+1. The van der Waals surface area contributed by atoms with E-state index in [-0.39, 0.29) is 21.7 Å². The van der Waals surface area contributed by atoms with Crippen LogP contribution in [-0.2, 0) is 16.0 Å². The Morgan fingerprint density at radius 3 is 2.74 bits per heavy atom. The zero-order valence-electron chi connectivity index (χ0n) is 19.4. The molecule has 9 nitrogen and oxygen atoms in total. The summed E-state index contributed by atoms with van der Waals surface area (Å²) in [5.41, 5.74) is 4.82. The quantitative estimate of drug-likeness (QED) is 0.463. The molecule has 0 saturated heterocycles. The minimum Gasteiger partial charge on any atom is -0.299 e. The van der Waals surface area contributed by atoms with Gasteiger partial charge in [-0.05, 0) is 18.2 Å². The van der Waals surface area contributed by atoms with E-state index in [9.17, 15) is 14.4 Å². The van der Waals surface area contributed by atoms with Crippen molar-refractivity contribution in [3.63, 3.8) is 0 Å². The summed E-state index contributed by atoms with van der Waals surface area (Å²) < 4.78 is 1.87. The van der Waals surface area contributed by atoms with E-state index >= 15 is 0 Å². The van der Waals surface area contributed by atoms with Gasteiger partial charge in [0, 0.05) is 49.6 Å². The molecule has 1 aromatic carbocycles. The van der Waals surface area contributed by atoms with E-state index in [4.69, 9.17) is 0 Å². The van der Waals surface area contributed by atoms with Crippen LogP contribution < -0.4 is 9.80 Å². The molecule has 3 aromatic rings. The molecule has 5 heterocycles. The molecule has 0 saturated carbocycles. The predicted octanol–water partition coefficient (Wildman–Crippen LogP) is 2.41. The third-order valence-corrected chi connectivity index (χ3v) is 6.93. The van der Waals surface area contributed by atoms with Crippen molar-refractivity contribution in [2.45, 2.75) is 6.42 Å². The number of rotatable bonds is 2. The number of pyridine rings is 1. The van der Waals surface area contributed by atoms with E-state index in [1.165, 1.54) is 0 Å². The number of fused-ring (bicyclic) bond motifs is 1. The maximum atomic E-state index is 13.5. The van der Waals surface area contributed by atoms with Crippen LogP contribution in [0.3, 0.4) is 0 Å². The Morgan fingerprint density at radius 2 is 1.91 bits per heavy atom. The summed E-state index contributed by atoms with van der Waals surface area (Å²) in [5.74, 6) is -0.981. The highest BCUT2D eigenvalue weighted by Crippen LogP contribution is 2.45. The fraction of sp³-hybridized carbons (Fsp3) is 0.192. The molecule has 4 amide bonds. The Hall–Kier alpha value is -4.37. The first-order valence-electron chi connectivity index (χ1n) is 11.4. The van der Waals surface area contributed by atoms with Gasteiger partial charge in [0.2, 0.25) is 0 Å². The van der Waals surface area contributed by atoms with Gasteiger partial charge in [0.1, 0.15) is 12.2 Å². The van der Waals surface area contributed by atoms with Crippen molar-refractivity contribution in [3.8, 4) is 0 Å². The second kappa shape index (κ2) is 7.57. The number of hydrogen-bond donors (Lipinski definition) is 1. The van der Waals surface area contributed by atoms with Gasteiger partial charge in [0.05, 0.1) is 35.8 Å². The van der Waals surface area contributed by atoms with E-state index in [2.05, 4.69) is 15.3 Å². The number of carbonyl (C=O) groups is 3. The zero-order chi connectivity index (χ0) is 24.3. The van der Waals surface area contributed by atoms with Gasteiger partial charge >= 0.3 is 6.03 Å². The van der Waals surface area contributed by atoms with Crippen LogP contribution in [0, 0.1) is 0 Å². The lowest BCUT2D eigenvalue weighted by molar-refractivity contribution is -0.123. The van der Waals surface area contributed by atoms with E-state index in [0.29, 0.717) is 30.0 Å². The van der Waals surface area contributed by atoms with E-state index in [1.807, 2.05) is 36.4 Å². The van der Waals surface area contributed by atoms with Crippen LogP contribution in [0.5, 0.6) is 0 Å². The van der Waals surface area contributed by atoms with Crippen LogP contribution in [-0.4, -0.2) is 65.5 Å². The van der Waals surface area contributed by atoms with Crippen molar-refractivity contribution in [3.05, 3.63) is 77.4 Å². The molecule has 2 aromatic heterocycles. The van der Waals surface area contributed by atoms with Crippen LogP contribution in [0.4, 0.5) is 10.5 Å². The Morgan fingerprint density at radius 1 is 1.09 bits per heavy atom. The fourth-order valence-corrected chi connectivity index (χ4v) is 5.43. The van der Waals surface area contributed by atoms with Gasteiger partial charge in [-0.1, -0.05) is 18.2 Å². The Bertz CT molecular complexity index is 1540. The average Bonchev–Trinajstić information content (AvgIpc) is 3.51. The third kappa shape index (κ3) is 2.95. The largest absolute Gasteiger partial charge is 0.424 e. The van der Waals surface area contributed by atoms with Crippen LogP contribution >= 0.6 is 0 Å². The SMILES string of the molecule is CN(C)C(=O)[N+]12CC=NC=C(C3=C(c4cnc5ccccn45)C(=O)NC3=O)c3cccc(c31)CC2. The van der Waals surface area contributed by atoms with Crippen LogP contribution in [0.2, 0.25) is 0 Å². The summed E-state index contributed by atoms with van der Waals surface area (Å²) in [4.78, 5) is 50.3. The molecular formula is C26H23N6O3+. The summed E-state index contributed by atoms with van der Waals surface area (Å²) in [6, 6.07) is 11.3. The topological polar surface area (TPSA) is 96.1 Å². The Labute approximate surface area is 201 Å². The van der Waals surface area contributed by atoms with Crippen LogP contribution in [0.15, 0.2) is 65.6 Å². The van der Waals surface area contributed by atoms with Crippen LogP contribution in [0.25, 0.3) is 16.8 Å². The lowest BCUT2D eigenvalue weighted by Crippen LogP contribution is -2.58. The first-order chi connectivity index (χ1) is 16.9. The van der Waals surface area contributed by atoms with Crippen molar-refractivity contribution < 1.29 is 14.4 Å². The number of nitrogens with one attached hydrogen (secondary N) is 1. The first kappa shape index (κ1) is 21.2. The highest BCUT2D eigenvalue weighted by Gasteiger charge is 2.49. The predicted molar refractivity (Wildman–Crippen MR) is 132 cm³/mol. The molecule has 9 heteroatoms. The van der Waals surface area contributed by atoms with Gasteiger partial charge in [-0.2, -0.15) is 0 Å². The summed E-state index contributed by atoms with van der Waals surface area (Å²) >= 11 is 0. The number of imidazole rings is 1. The summed E-state index contributed by atoms with van der Waals surface area (Å²) in [6.07, 6.45) is 7.48. The van der Waals surface area contributed by atoms with Gasteiger partial charge in [-0.3, -0.25) is 29.2 Å². The summed E-state index contributed by atoms with van der Waals surface area (Å²) in [7, 11) is 3.49. The second-order valence-corrected chi connectivity index (χ2v) is 9.09. The second-order valence-electron chi connectivity index (χ2n) is 9.09. The van der Waals surface area contributed by atoms with Gasteiger partial charge < -0.3 is 0 Å². The van der Waals surface area contributed by atoms with Crippen LogP contribution in [0.1, 0.15) is 16.8 Å². The highest BCUT2D eigenvalue weighted by atomic mass is 16.2. The van der Waals surface area contributed by atoms with Gasteiger partial charge in [0.15, 0.2) is 5.69 Å². The molecule has 0 fully saturated rings. The lowest BCUT2D eigenvalue weighted by Gasteiger charge is -2.34. The number of amides is 4.